The first-order chi connectivity index (χ1) is 28.3. The molecule has 0 aromatic carbocycles. The Hall–Kier alpha value is -2.98. The summed E-state index contributed by atoms with van der Waals surface area (Å²) < 4.78 is 11.1. The van der Waals surface area contributed by atoms with E-state index in [1.807, 2.05) is 23.9 Å². The number of carbonyl (C=O) groups excluding carboxylic acids is 4. The third-order valence-electron chi connectivity index (χ3n) is 10.7. The molecule has 1 N–H and O–H groups in total. The van der Waals surface area contributed by atoms with Crippen LogP contribution in [-0.2, 0) is 36.8 Å². The molecule has 0 spiro atoms. The Morgan fingerprint density at radius 1 is 0.672 bits per heavy atom. The summed E-state index contributed by atoms with van der Waals surface area (Å²) in [7, 11) is 3.96. The molecule has 9 nitrogen and oxygen atoms in total. The van der Waals surface area contributed by atoms with E-state index >= 15 is 0 Å². The second-order valence-corrected chi connectivity index (χ2v) is 17.5. The van der Waals surface area contributed by atoms with E-state index in [1.165, 1.54) is 94.8 Å². The predicted octanol–water partition coefficient (Wildman–Crippen LogP) is 12.1. The first kappa shape index (κ1) is 51.2. The molecule has 1 aromatic rings. The summed E-state index contributed by atoms with van der Waals surface area (Å²) in [5.41, 5.74) is 1.31. The number of nitrogens with one attached hydrogen (secondary N) is 1. The number of rotatable bonds is 35. The van der Waals surface area contributed by atoms with Crippen LogP contribution in [0.2, 0.25) is 0 Å². The van der Waals surface area contributed by atoms with Crippen LogP contribution in [-0.4, -0.2) is 74.0 Å². The fourth-order valence-corrected chi connectivity index (χ4v) is 8.47. The molecule has 1 aromatic heterocycles. The lowest BCUT2D eigenvalue weighted by atomic mass is 10.0. The molecule has 1 aliphatic heterocycles. The summed E-state index contributed by atoms with van der Waals surface area (Å²) in [5.74, 6) is -0.682. The predicted molar refractivity (Wildman–Crippen MR) is 242 cm³/mol. The normalized spacial score (nSPS) is 12.8. The van der Waals surface area contributed by atoms with E-state index < -0.39 is 5.97 Å². The molecule has 2 amide bonds. The Labute approximate surface area is 357 Å². The largest absolute Gasteiger partial charge is 0.466 e. The van der Waals surface area contributed by atoms with Crippen LogP contribution in [0.4, 0.5) is 5.00 Å². The second-order valence-electron chi connectivity index (χ2n) is 16.4. The Balaban J connectivity index is 1.76. The lowest BCUT2D eigenvalue weighted by Crippen LogP contribution is -2.35. The molecule has 0 radical (unpaired) electrons. The van der Waals surface area contributed by atoms with Crippen molar-refractivity contribution in [3.8, 4) is 0 Å². The van der Waals surface area contributed by atoms with E-state index in [4.69, 9.17) is 9.47 Å². The van der Waals surface area contributed by atoms with Crippen molar-refractivity contribution in [1.82, 2.24) is 9.80 Å². The first-order valence-electron chi connectivity index (χ1n) is 23.3. The standard InChI is InChI=1S/C48H81N3O6S/c1-5-7-9-11-13-15-16-17-18-19-20-21-23-25-27-33-44(53)51-37-35-41-42(40-51)58-47(46(41)48(55)57-39-31-36-50(3)4)49-43(52)32-28-29-34-45(54)56-38-30-26-24-22-14-12-10-8-6-2/h13,15,17-18H,5-12,14,16,19-40H2,1-4H3,(H,49,52)/b15-13-,18-17-. The van der Waals surface area contributed by atoms with Gasteiger partial charge in [-0.3, -0.25) is 14.4 Å². The monoisotopic (exact) mass is 828 g/mol. The fourth-order valence-electron chi connectivity index (χ4n) is 7.20. The lowest BCUT2D eigenvalue weighted by Gasteiger charge is -2.27. The number of thiophene rings is 1. The average Bonchev–Trinajstić information content (AvgIpc) is 3.57. The Morgan fingerprint density at radius 3 is 1.93 bits per heavy atom. The summed E-state index contributed by atoms with van der Waals surface area (Å²) in [4.78, 5) is 56.9. The first-order valence-corrected chi connectivity index (χ1v) is 24.1. The van der Waals surface area contributed by atoms with Crippen molar-refractivity contribution in [2.75, 3.05) is 45.7 Å². The van der Waals surface area contributed by atoms with Gasteiger partial charge in [0.1, 0.15) is 5.00 Å². The number of nitrogens with zero attached hydrogens (tertiary/aromatic N) is 2. The molecule has 0 aliphatic carbocycles. The van der Waals surface area contributed by atoms with Crippen LogP contribution >= 0.6 is 11.3 Å². The van der Waals surface area contributed by atoms with Crippen LogP contribution in [0.3, 0.4) is 0 Å². The van der Waals surface area contributed by atoms with Crippen molar-refractivity contribution in [3.63, 3.8) is 0 Å². The van der Waals surface area contributed by atoms with Gasteiger partial charge >= 0.3 is 11.9 Å². The molecule has 58 heavy (non-hydrogen) atoms. The molecule has 0 atom stereocenters. The van der Waals surface area contributed by atoms with Gasteiger partial charge in [-0.15, -0.1) is 11.3 Å². The van der Waals surface area contributed by atoms with Crippen molar-refractivity contribution in [2.45, 2.75) is 194 Å². The maximum absolute atomic E-state index is 13.4. The number of esters is 2. The minimum absolute atomic E-state index is 0.148. The topological polar surface area (TPSA) is 105 Å². The van der Waals surface area contributed by atoms with Gasteiger partial charge in [0.2, 0.25) is 11.8 Å². The van der Waals surface area contributed by atoms with Gasteiger partial charge in [-0.1, -0.05) is 122 Å². The summed E-state index contributed by atoms with van der Waals surface area (Å²) in [6.45, 7) is 7.02. The maximum atomic E-state index is 13.4. The van der Waals surface area contributed by atoms with Crippen molar-refractivity contribution >= 4 is 40.1 Å². The molecule has 330 valence electrons. The van der Waals surface area contributed by atoms with Gasteiger partial charge in [-0.25, -0.2) is 4.79 Å². The zero-order valence-electron chi connectivity index (χ0n) is 37.2. The highest BCUT2D eigenvalue weighted by Crippen LogP contribution is 2.38. The Morgan fingerprint density at radius 2 is 1.24 bits per heavy atom. The zero-order valence-corrected chi connectivity index (χ0v) is 38.0. The van der Waals surface area contributed by atoms with Gasteiger partial charge in [0.15, 0.2) is 0 Å². The quantitative estimate of drug-likeness (QED) is 0.0413. The third-order valence-corrected chi connectivity index (χ3v) is 11.9. The third kappa shape index (κ3) is 24.2. The average molecular weight is 828 g/mol. The maximum Gasteiger partial charge on any atom is 0.341 e. The minimum Gasteiger partial charge on any atom is -0.466 e. The van der Waals surface area contributed by atoms with Crippen LogP contribution in [0.1, 0.15) is 202 Å². The molecule has 2 heterocycles. The molecule has 0 unspecified atom stereocenters. The van der Waals surface area contributed by atoms with Crippen molar-refractivity contribution < 1.29 is 28.7 Å². The molecule has 1 aliphatic rings. The van der Waals surface area contributed by atoms with Crippen molar-refractivity contribution in [2.24, 2.45) is 0 Å². The number of fused-ring (bicyclic) bond motifs is 1. The van der Waals surface area contributed by atoms with Gasteiger partial charge in [-0.2, -0.15) is 0 Å². The van der Waals surface area contributed by atoms with Gasteiger partial charge in [0, 0.05) is 37.2 Å². The number of hydrogen-bond acceptors (Lipinski definition) is 8. The van der Waals surface area contributed by atoms with Gasteiger partial charge in [-0.05, 0) is 90.3 Å². The van der Waals surface area contributed by atoms with E-state index in [-0.39, 0.29) is 24.2 Å². The zero-order chi connectivity index (χ0) is 42.1. The van der Waals surface area contributed by atoms with Gasteiger partial charge in [0.25, 0.3) is 0 Å². The van der Waals surface area contributed by atoms with E-state index in [1.54, 1.807) is 0 Å². The second kappa shape index (κ2) is 33.8. The van der Waals surface area contributed by atoms with Crippen molar-refractivity contribution in [3.05, 3.63) is 40.3 Å². The number of amides is 2. The molecule has 0 saturated heterocycles. The molecule has 0 saturated carbocycles. The van der Waals surface area contributed by atoms with E-state index in [9.17, 15) is 19.2 Å². The SMILES string of the molecule is CCCCC/C=C\C/C=C\CCCCCCCC(=O)N1CCc2c(sc(NC(=O)CCCCC(=O)OCCCCCCCCCCC)c2C(=O)OCCCN(C)C)C1. The van der Waals surface area contributed by atoms with Crippen LogP contribution in [0, 0.1) is 0 Å². The summed E-state index contributed by atoms with van der Waals surface area (Å²) in [6, 6.07) is 0. The Bertz CT molecular complexity index is 1340. The summed E-state index contributed by atoms with van der Waals surface area (Å²) >= 11 is 1.38. The number of carbonyl (C=O) groups is 4. The number of hydrogen-bond donors (Lipinski definition) is 1. The molecule has 10 heteroatoms. The van der Waals surface area contributed by atoms with Crippen LogP contribution in [0.25, 0.3) is 0 Å². The molecular formula is C48H81N3O6S. The van der Waals surface area contributed by atoms with Crippen LogP contribution in [0.15, 0.2) is 24.3 Å². The molecule has 0 bridgehead atoms. The molecule has 0 fully saturated rings. The number of ether oxygens (including phenoxy) is 2. The molecular weight excluding hydrogens is 747 g/mol. The lowest BCUT2D eigenvalue weighted by molar-refractivity contribution is -0.144. The highest BCUT2D eigenvalue weighted by Gasteiger charge is 2.31. The van der Waals surface area contributed by atoms with E-state index in [2.05, 4.69) is 43.5 Å². The minimum atomic E-state index is -0.425. The number of unbranched alkanes of at least 4 members (excludes halogenated alkanes) is 17. The van der Waals surface area contributed by atoms with Gasteiger partial charge in [0.05, 0.1) is 25.3 Å². The Kier molecular flexibility index (Phi) is 29.8. The highest BCUT2D eigenvalue weighted by molar-refractivity contribution is 7.17. The fraction of sp³-hybridized carbons (Fsp3) is 0.750. The number of allylic oxidation sites excluding steroid dienone is 4. The number of anilines is 1. The van der Waals surface area contributed by atoms with Crippen molar-refractivity contribution in [1.29, 1.82) is 0 Å². The van der Waals surface area contributed by atoms with Crippen LogP contribution < -0.4 is 5.32 Å². The smallest absolute Gasteiger partial charge is 0.341 e. The van der Waals surface area contributed by atoms with Crippen LogP contribution in [0.5, 0.6) is 0 Å². The van der Waals surface area contributed by atoms with Gasteiger partial charge < -0.3 is 24.6 Å². The molecule has 2 rings (SSSR count). The summed E-state index contributed by atoms with van der Waals surface area (Å²) in [6.07, 6.45) is 36.2. The highest BCUT2D eigenvalue weighted by atomic mass is 32.1. The summed E-state index contributed by atoms with van der Waals surface area (Å²) in [5, 5.41) is 3.49. The van der Waals surface area contributed by atoms with E-state index in [0.29, 0.717) is 75.4 Å². The van der Waals surface area contributed by atoms with E-state index in [0.717, 1.165) is 61.9 Å².